The molecule has 1 rings (SSSR count). The van der Waals surface area contributed by atoms with Gasteiger partial charge in [-0.25, -0.2) is 4.39 Å². The van der Waals surface area contributed by atoms with Gasteiger partial charge in [0.2, 0.25) is 0 Å². The third-order valence-electron chi connectivity index (χ3n) is 2.14. The van der Waals surface area contributed by atoms with Crippen molar-refractivity contribution in [3.63, 3.8) is 0 Å². The second kappa shape index (κ2) is 4.61. The maximum atomic E-state index is 13.0. The highest BCUT2D eigenvalue weighted by atomic mass is 79.9. The summed E-state index contributed by atoms with van der Waals surface area (Å²) in [7, 11) is 0. The molecule has 0 aliphatic heterocycles. The fourth-order valence-corrected chi connectivity index (χ4v) is 1.82. The SMILES string of the molecule is CCC(C(=O)O)c1cc(O)c(F)c(Br)c1. The van der Waals surface area contributed by atoms with E-state index in [2.05, 4.69) is 15.9 Å². The first-order valence-electron chi connectivity index (χ1n) is 4.38. The second-order valence-electron chi connectivity index (χ2n) is 3.13. The summed E-state index contributed by atoms with van der Waals surface area (Å²) in [5.74, 6) is -3.04. The second-order valence-corrected chi connectivity index (χ2v) is 3.99. The summed E-state index contributed by atoms with van der Waals surface area (Å²) in [5, 5.41) is 18.1. The van der Waals surface area contributed by atoms with Crippen LogP contribution in [-0.4, -0.2) is 16.2 Å². The lowest BCUT2D eigenvalue weighted by Gasteiger charge is -2.11. The van der Waals surface area contributed by atoms with E-state index >= 15 is 0 Å². The number of carbonyl (C=O) groups is 1. The van der Waals surface area contributed by atoms with Crippen molar-refractivity contribution < 1.29 is 19.4 Å². The number of hydrogen-bond acceptors (Lipinski definition) is 2. The molecular weight excluding hydrogens is 267 g/mol. The van der Waals surface area contributed by atoms with Crippen LogP contribution in [0.25, 0.3) is 0 Å². The van der Waals surface area contributed by atoms with E-state index in [1.54, 1.807) is 6.92 Å². The molecule has 0 spiro atoms. The van der Waals surface area contributed by atoms with E-state index in [1.807, 2.05) is 0 Å². The molecule has 1 unspecified atom stereocenters. The van der Waals surface area contributed by atoms with E-state index in [0.717, 1.165) is 6.07 Å². The molecule has 0 radical (unpaired) electrons. The van der Waals surface area contributed by atoms with Gasteiger partial charge in [-0.05, 0) is 40.0 Å². The lowest BCUT2D eigenvalue weighted by Crippen LogP contribution is -2.10. The van der Waals surface area contributed by atoms with E-state index in [0.29, 0.717) is 12.0 Å². The van der Waals surface area contributed by atoms with Gasteiger partial charge < -0.3 is 10.2 Å². The molecule has 0 aromatic heterocycles. The van der Waals surface area contributed by atoms with Crippen molar-refractivity contribution in [3.8, 4) is 5.75 Å². The van der Waals surface area contributed by atoms with Crippen LogP contribution in [0.5, 0.6) is 5.75 Å². The first-order chi connectivity index (χ1) is 6.97. The summed E-state index contributed by atoms with van der Waals surface area (Å²) in [5.41, 5.74) is 0.385. The number of carboxylic acids is 1. The molecule has 1 aromatic carbocycles. The van der Waals surface area contributed by atoms with Crippen molar-refractivity contribution in [2.45, 2.75) is 19.3 Å². The zero-order valence-electron chi connectivity index (χ0n) is 8.00. The molecule has 82 valence electrons. The van der Waals surface area contributed by atoms with Crippen LogP contribution in [0.15, 0.2) is 16.6 Å². The zero-order valence-corrected chi connectivity index (χ0v) is 9.58. The molecule has 0 aliphatic rings. The Bertz CT molecular complexity index is 369. The molecular formula is C10H10BrFO3. The standard InChI is InChI=1S/C10H10BrFO3/c1-2-6(10(14)15)5-3-7(11)9(12)8(13)4-5/h3-4,6,13H,2H2,1H3,(H,14,15). The molecule has 0 fully saturated rings. The Kier molecular flexibility index (Phi) is 3.68. The molecule has 1 aromatic rings. The monoisotopic (exact) mass is 276 g/mol. The number of carboxylic acid groups (broad SMARTS) is 1. The molecule has 0 aliphatic carbocycles. The Labute approximate surface area is 94.7 Å². The van der Waals surface area contributed by atoms with E-state index in [4.69, 9.17) is 5.11 Å². The fraction of sp³-hybridized carbons (Fsp3) is 0.300. The third kappa shape index (κ3) is 2.47. The van der Waals surface area contributed by atoms with Crippen LogP contribution in [0, 0.1) is 5.82 Å². The molecule has 3 nitrogen and oxygen atoms in total. The molecule has 2 N–H and O–H groups in total. The smallest absolute Gasteiger partial charge is 0.310 e. The van der Waals surface area contributed by atoms with E-state index in [9.17, 15) is 14.3 Å². The average molecular weight is 277 g/mol. The van der Waals surface area contributed by atoms with Gasteiger partial charge in [-0.3, -0.25) is 4.79 Å². The normalized spacial score (nSPS) is 12.5. The van der Waals surface area contributed by atoms with Crippen molar-refractivity contribution in [2.24, 2.45) is 0 Å². The summed E-state index contributed by atoms with van der Waals surface area (Å²) in [6.07, 6.45) is 0.382. The van der Waals surface area contributed by atoms with E-state index in [1.165, 1.54) is 6.07 Å². The molecule has 0 amide bonds. The molecule has 0 saturated heterocycles. The molecule has 0 heterocycles. The highest BCUT2D eigenvalue weighted by molar-refractivity contribution is 9.10. The average Bonchev–Trinajstić information content (AvgIpc) is 2.14. The Morgan fingerprint density at radius 1 is 1.60 bits per heavy atom. The van der Waals surface area contributed by atoms with Crippen molar-refractivity contribution >= 4 is 21.9 Å². The maximum absolute atomic E-state index is 13.0. The lowest BCUT2D eigenvalue weighted by molar-refractivity contribution is -0.138. The van der Waals surface area contributed by atoms with Crippen molar-refractivity contribution in [1.29, 1.82) is 0 Å². The van der Waals surface area contributed by atoms with Crippen LogP contribution >= 0.6 is 15.9 Å². The van der Waals surface area contributed by atoms with Gasteiger partial charge in [-0.2, -0.15) is 0 Å². The van der Waals surface area contributed by atoms with Crippen LogP contribution in [0.4, 0.5) is 4.39 Å². The minimum Gasteiger partial charge on any atom is -0.505 e. The van der Waals surface area contributed by atoms with Crippen molar-refractivity contribution in [2.75, 3.05) is 0 Å². The largest absolute Gasteiger partial charge is 0.505 e. The van der Waals surface area contributed by atoms with Crippen LogP contribution in [0.3, 0.4) is 0 Å². The van der Waals surface area contributed by atoms with Gasteiger partial charge in [-0.15, -0.1) is 0 Å². The lowest BCUT2D eigenvalue weighted by atomic mass is 9.96. The number of aliphatic carboxylic acids is 1. The predicted molar refractivity (Wildman–Crippen MR) is 56.4 cm³/mol. The number of rotatable bonds is 3. The minimum absolute atomic E-state index is 0.0669. The molecule has 0 saturated carbocycles. The highest BCUT2D eigenvalue weighted by Gasteiger charge is 2.20. The molecule has 5 heteroatoms. The highest BCUT2D eigenvalue weighted by Crippen LogP contribution is 2.31. The Morgan fingerprint density at radius 3 is 2.60 bits per heavy atom. The molecule has 0 bridgehead atoms. The van der Waals surface area contributed by atoms with Crippen LogP contribution in [0.2, 0.25) is 0 Å². The Morgan fingerprint density at radius 2 is 2.20 bits per heavy atom. The Hall–Kier alpha value is -1.10. The van der Waals surface area contributed by atoms with Crippen LogP contribution in [-0.2, 0) is 4.79 Å². The molecule has 15 heavy (non-hydrogen) atoms. The van der Waals surface area contributed by atoms with Gasteiger partial charge in [-0.1, -0.05) is 6.92 Å². The zero-order chi connectivity index (χ0) is 11.6. The predicted octanol–water partition coefficient (Wildman–Crippen LogP) is 2.87. The van der Waals surface area contributed by atoms with E-state index in [-0.39, 0.29) is 4.47 Å². The van der Waals surface area contributed by atoms with Gasteiger partial charge in [0.05, 0.1) is 10.4 Å². The van der Waals surface area contributed by atoms with Gasteiger partial charge in [0.25, 0.3) is 0 Å². The number of benzene rings is 1. The summed E-state index contributed by atoms with van der Waals surface area (Å²) in [6, 6.07) is 2.51. The van der Waals surface area contributed by atoms with Crippen LogP contribution in [0.1, 0.15) is 24.8 Å². The number of phenolic OH excluding ortho intramolecular Hbond substituents is 1. The van der Waals surface area contributed by atoms with Gasteiger partial charge in [0.15, 0.2) is 11.6 Å². The Balaban J connectivity index is 3.20. The van der Waals surface area contributed by atoms with Gasteiger partial charge >= 0.3 is 5.97 Å². The minimum atomic E-state index is -0.990. The number of hydrogen-bond donors (Lipinski definition) is 2. The van der Waals surface area contributed by atoms with Crippen LogP contribution < -0.4 is 0 Å². The third-order valence-corrected chi connectivity index (χ3v) is 2.72. The first kappa shape index (κ1) is 12.0. The summed E-state index contributed by atoms with van der Waals surface area (Å²) >= 11 is 2.92. The summed E-state index contributed by atoms with van der Waals surface area (Å²) in [4.78, 5) is 10.8. The number of phenols is 1. The van der Waals surface area contributed by atoms with Gasteiger partial charge in [0.1, 0.15) is 0 Å². The maximum Gasteiger partial charge on any atom is 0.310 e. The summed E-state index contributed by atoms with van der Waals surface area (Å²) < 4.78 is 13.1. The van der Waals surface area contributed by atoms with Crippen molar-refractivity contribution in [1.82, 2.24) is 0 Å². The number of aromatic hydroxyl groups is 1. The van der Waals surface area contributed by atoms with E-state index < -0.39 is 23.5 Å². The number of halogens is 2. The fourth-order valence-electron chi connectivity index (χ4n) is 1.35. The van der Waals surface area contributed by atoms with Crippen molar-refractivity contribution in [3.05, 3.63) is 28.0 Å². The molecule has 1 atom stereocenters. The topological polar surface area (TPSA) is 57.5 Å². The first-order valence-corrected chi connectivity index (χ1v) is 5.17. The quantitative estimate of drug-likeness (QED) is 0.893. The summed E-state index contributed by atoms with van der Waals surface area (Å²) in [6.45, 7) is 1.72. The van der Waals surface area contributed by atoms with Gasteiger partial charge in [0, 0.05) is 0 Å².